The van der Waals surface area contributed by atoms with Gasteiger partial charge in [0.25, 0.3) is 0 Å². The zero-order valence-electron chi connectivity index (χ0n) is 12.9. The first-order chi connectivity index (χ1) is 11.0. The van der Waals surface area contributed by atoms with Crippen LogP contribution < -0.4 is 10.5 Å². The summed E-state index contributed by atoms with van der Waals surface area (Å²) < 4.78 is 43.1. The molecular weight excluding hydrogens is 353 g/mol. The third-order valence-electron chi connectivity index (χ3n) is 3.10. The zero-order chi connectivity index (χ0) is 16.7. The van der Waals surface area contributed by atoms with Crippen molar-refractivity contribution in [1.29, 1.82) is 0 Å². The average Bonchev–Trinajstić information content (AvgIpc) is 2.54. The molecule has 0 unspecified atom stereocenters. The molecule has 24 heavy (non-hydrogen) atoms. The molecule has 2 N–H and O–H groups in total. The van der Waals surface area contributed by atoms with Gasteiger partial charge in [-0.05, 0) is 35.9 Å². The van der Waals surface area contributed by atoms with E-state index in [-0.39, 0.29) is 36.2 Å². The van der Waals surface area contributed by atoms with E-state index in [1.807, 2.05) is 6.07 Å². The standard InChI is InChI=1S/C17H18FNO3S.ClH/c18-15(10-11-19)12-22-16-6-8-17(9-7-16)23(20,21)13-14-4-2-1-3-5-14;/h1-10H,11-13,19H2;1H. The SMILES string of the molecule is Cl.NCC=C(F)COc1ccc(S(=O)(=O)Cc2ccccc2)cc1. The van der Waals surface area contributed by atoms with E-state index < -0.39 is 15.7 Å². The fourth-order valence-electron chi connectivity index (χ4n) is 1.96. The topological polar surface area (TPSA) is 69.4 Å². The van der Waals surface area contributed by atoms with Crippen molar-refractivity contribution in [3.8, 4) is 5.75 Å². The number of benzene rings is 2. The van der Waals surface area contributed by atoms with E-state index >= 15 is 0 Å². The van der Waals surface area contributed by atoms with Crippen LogP contribution in [0.1, 0.15) is 5.56 Å². The monoisotopic (exact) mass is 371 g/mol. The van der Waals surface area contributed by atoms with Crippen LogP contribution in [0.2, 0.25) is 0 Å². The van der Waals surface area contributed by atoms with E-state index in [0.717, 1.165) is 5.56 Å². The van der Waals surface area contributed by atoms with Crippen molar-refractivity contribution in [2.24, 2.45) is 5.73 Å². The molecule has 0 bridgehead atoms. The fourth-order valence-corrected chi connectivity index (χ4v) is 3.31. The highest BCUT2D eigenvalue weighted by molar-refractivity contribution is 7.90. The van der Waals surface area contributed by atoms with Crippen LogP contribution >= 0.6 is 12.4 Å². The molecular formula is C17H19ClFNO3S. The summed E-state index contributed by atoms with van der Waals surface area (Å²) in [5, 5.41) is 0. The Morgan fingerprint density at radius 3 is 2.29 bits per heavy atom. The summed E-state index contributed by atoms with van der Waals surface area (Å²) in [5.41, 5.74) is 5.91. The van der Waals surface area contributed by atoms with Crippen LogP contribution in [0.3, 0.4) is 0 Å². The lowest BCUT2D eigenvalue weighted by Gasteiger charge is -2.07. The van der Waals surface area contributed by atoms with E-state index in [1.165, 1.54) is 30.3 Å². The van der Waals surface area contributed by atoms with Crippen molar-refractivity contribution >= 4 is 22.2 Å². The highest BCUT2D eigenvalue weighted by Gasteiger charge is 2.15. The van der Waals surface area contributed by atoms with Gasteiger partial charge in [-0.2, -0.15) is 0 Å². The van der Waals surface area contributed by atoms with Crippen molar-refractivity contribution in [2.75, 3.05) is 13.2 Å². The van der Waals surface area contributed by atoms with E-state index in [4.69, 9.17) is 10.5 Å². The van der Waals surface area contributed by atoms with Crippen molar-refractivity contribution < 1.29 is 17.5 Å². The summed E-state index contributed by atoms with van der Waals surface area (Å²) in [4.78, 5) is 0.201. The van der Waals surface area contributed by atoms with Gasteiger partial charge in [0, 0.05) is 6.54 Å². The molecule has 0 aliphatic carbocycles. The number of hydrogen-bond donors (Lipinski definition) is 1. The molecule has 0 saturated heterocycles. The lowest BCUT2D eigenvalue weighted by Crippen LogP contribution is -2.05. The van der Waals surface area contributed by atoms with Crippen LogP contribution in [0.5, 0.6) is 5.75 Å². The molecule has 0 fully saturated rings. The van der Waals surface area contributed by atoms with Gasteiger partial charge < -0.3 is 10.5 Å². The Labute approximate surface area is 147 Å². The highest BCUT2D eigenvalue weighted by Crippen LogP contribution is 2.20. The molecule has 0 aliphatic heterocycles. The predicted molar refractivity (Wildman–Crippen MR) is 94.8 cm³/mol. The van der Waals surface area contributed by atoms with Crippen LogP contribution in [0.15, 0.2) is 71.4 Å². The van der Waals surface area contributed by atoms with Crippen molar-refractivity contribution in [1.82, 2.24) is 0 Å². The Balaban J connectivity index is 0.00000288. The molecule has 0 radical (unpaired) electrons. The number of nitrogens with two attached hydrogens (primary N) is 1. The molecule has 0 aliphatic rings. The van der Waals surface area contributed by atoms with Crippen LogP contribution in [-0.2, 0) is 15.6 Å². The van der Waals surface area contributed by atoms with E-state index in [0.29, 0.717) is 5.75 Å². The Morgan fingerprint density at radius 1 is 1.08 bits per heavy atom. The van der Waals surface area contributed by atoms with Gasteiger partial charge in [-0.25, -0.2) is 12.8 Å². The third kappa shape index (κ3) is 5.96. The lowest BCUT2D eigenvalue weighted by atomic mass is 10.2. The van der Waals surface area contributed by atoms with Gasteiger partial charge in [-0.15, -0.1) is 12.4 Å². The number of rotatable bonds is 7. The quantitative estimate of drug-likeness (QED) is 0.810. The van der Waals surface area contributed by atoms with Crippen LogP contribution in [-0.4, -0.2) is 21.6 Å². The lowest BCUT2D eigenvalue weighted by molar-refractivity contribution is 0.318. The molecule has 4 nitrogen and oxygen atoms in total. The van der Waals surface area contributed by atoms with Crippen molar-refractivity contribution in [2.45, 2.75) is 10.6 Å². The van der Waals surface area contributed by atoms with Gasteiger partial charge in [0.05, 0.1) is 10.6 Å². The van der Waals surface area contributed by atoms with Gasteiger partial charge in [-0.1, -0.05) is 30.3 Å². The van der Waals surface area contributed by atoms with Crippen molar-refractivity contribution in [3.63, 3.8) is 0 Å². The van der Waals surface area contributed by atoms with Gasteiger partial charge in [0.15, 0.2) is 9.84 Å². The minimum Gasteiger partial charge on any atom is -0.487 e. The normalized spacial score (nSPS) is 11.7. The summed E-state index contributed by atoms with van der Waals surface area (Å²) in [6.07, 6.45) is 1.22. The molecule has 0 saturated carbocycles. The van der Waals surface area contributed by atoms with Crippen LogP contribution in [0, 0.1) is 0 Å². The van der Waals surface area contributed by atoms with Gasteiger partial charge in [0.1, 0.15) is 18.2 Å². The average molecular weight is 372 g/mol. The maximum Gasteiger partial charge on any atom is 0.182 e. The molecule has 0 aromatic heterocycles. The molecule has 0 spiro atoms. The maximum absolute atomic E-state index is 13.2. The maximum atomic E-state index is 13.2. The largest absolute Gasteiger partial charge is 0.487 e. The summed E-state index contributed by atoms with van der Waals surface area (Å²) >= 11 is 0. The fraction of sp³-hybridized carbons (Fsp3) is 0.176. The Kier molecular flexibility index (Phi) is 7.91. The highest BCUT2D eigenvalue weighted by atomic mass is 35.5. The van der Waals surface area contributed by atoms with Crippen molar-refractivity contribution in [3.05, 3.63) is 72.1 Å². The summed E-state index contributed by atoms with van der Waals surface area (Å²) in [7, 11) is -3.43. The second-order valence-electron chi connectivity index (χ2n) is 4.89. The second-order valence-corrected chi connectivity index (χ2v) is 6.88. The second kappa shape index (κ2) is 9.42. The molecule has 0 heterocycles. The van der Waals surface area contributed by atoms with E-state index in [1.54, 1.807) is 24.3 Å². The molecule has 7 heteroatoms. The predicted octanol–water partition coefficient (Wildman–Crippen LogP) is 3.27. The minimum absolute atomic E-state index is 0. The molecule has 2 aromatic rings. The summed E-state index contributed by atoms with van der Waals surface area (Å²) in [5.74, 6) is -0.139. The zero-order valence-corrected chi connectivity index (χ0v) is 14.5. The molecule has 0 amide bonds. The van der Waals surface area contributed by atoms with Gasteiger partial charge in [0.2, 0.25) is 0 Å². The minimum atomic E-state index is -3.43. The molecule has 0 atom stereocenters. The van der Waals surface area contributed by atoms with Crippen LogP contribution in [0.25, 0.3) is 0 Å². The van der Waals surface area contributed by atoms with Crippen LogP contribution in [0.4, 0.5) is 4.39 Å². The smallest absolute Gasteiger partial charge is 0.182 e. The number of ether oxygens (including phenoxy) is 1. The first kappa shape index (κ1) is 20.2. The van der Waals surface area contributed by atoms with Gasteiger partial charge in [-0.3, -0.25) is 0 Å². The van der Waals surface area contributed by atoms with Gasteiger partial charge >= 0.3 is 0 Å². The number of hydrogen-bond acceptors (Lipinski definition) is 4. The molecule has 2 rings (SSSR count). The van der Waals surface area contributed by atoms with E-state index in [9.17, 15) is 12.8 Å². The molecule has 130 valence electrons. The van der Waals surface area contributed by atoms with E-state index in [2.05, 4.69) is 0 Å². The first-order valence-electron chi connectivity index (χ1n) is 7.05. The Morgan fingerprint density at radius 2 is 1.71 bits per heavy atom. The molecule has 2 aromatic carbocycles. The number of halogens is 2. The number of sulfone groups is 1. The summed E-state index contributed by atoms with van der Waals surface area (Å²) in [6.45, 7) is -0.126. The first-order valence-corrected chi connectivity index (χ1v) is 8.70. The Hall–Kier alpha value is -1.89. The third-order valence-corrected chi connectivity index (χ3v) is 4.80. The summed E-state index contributed by atoms with van der Waals surface area (Å²) in [6, 6.07) is 14.9. The Bertz CT molecular complexity index is 762.